The summed E-state index contributed by atoms with van der Waals surface area (Å²) in [6.45, 7) is 5.95. The van der Waals surface area contributed by atoms with Crippen LogP contribution in [-0.2, 0) is 15.8 Å². The third kappa shape index (κ3) is 4.43. The third-order valence-corrected chi connectivity index (χ3v) is 8.31. The molecule has 0 aromatic carbocycles. The monoisotopic (exact) mass is 477 g/mol. The van der Waals surface area contributed by atoms with E-state index in [0.717, 1.165) is 11.5 Å². The summed E-state index contributed by atoms with van der Waals surface area (Å²) in [5, 5.41) is 8.31. The summed E-state index contributed by atoms with van der Waals surface area (Å²) in [4.78, 5) is 19.3. The number of hydrogen-bond acceptors (Lipinski definition) is 9. The fourth-order valence-corrected chi connectivity index (χ4v) is 6.15. The second-order valence-electron chi connectivity index (χ2n) is 7.42. The highest BCUT2D eigenvalue weighted by Gasteiger charge is 2.34. The van der Waals surface area contributed by atoms with E-state index in [1.165, 1.54) is 16.1 Å². The van der Waals surface area contributed by atoms with Gasteiger partial charge in [0.05, 0.1) is 11.3 Å². The van der Waals surface area contributed by atoms with Crippen molar-refractivity contribution in [1.82, 2.24) is 24.5 Å². The number of piperazine rings is 1. The summed E-state index contributed by atoms with van der Waals surface area (Å²) in [7, 11) is -3.73. The van der Waals surface area contributed by atoms with E-state index < -0.39 is 10.0 Å². The molecule has 10 nitrogen and oxygen atoms in total. The number of sulfonamides is 1. The fraction of sp³-hybridized carbons (Fsp3) is 0.400. The molecule has 1 aliphatic heterocycles. The summed E-state index contributed by atoms with van der Waals surface area (Å²) in [5.41, 5.74) is 1.59. The van der Waals surface area contributed by atoms with Gasteiger partial charge in [0.1, 0.15) is 21.4 Å². The number of aromatic nitrogens is 3. The van der Waals surface area contributed by atoms with E-state index in [9.17, 15) is 13.2 Å². The lowest BCUT2D eigenvalue weighted by Gasteiger charge is -2.34. The molecule has 0 radical (unpaired) electrons. The molecular formula is C20H23N5O5S2. The molecule has 0 bridgehead atoms. The molecule has 3 aromatic rings. The highest BCUT2D eigenvalue weighted by atomic mass is 32.2. The number of amides is 1. The molecule has 4 heterocycles. The lowest BCUT2D eigenvalue weighted by atomic mass is 10.2. The van der Waals surface area contributed by atoms with Gasteiger partial charge in [-0.2, -0.15) is 4.31 Å². The molecule has 0 saturated carbocycles. The summed E-state index contributed by atoms with van der Waals surface area (Å²) in [5.74, 6) is 1.34. The zero-order valence-electron chi connectivity index (χ0n) is 17.9. The van der Waals surface area contributed by atoms with E-state index in [0.29, 0.717) is 22.0 Å². The first kappa shape index (κ1) is 22.5. The zero-order valence-corrected chi connectivity index (χ0v) is 19.6. The number of hydrogen-bond donors (Lipinski definition) is 0. The van der Waals surface area contributed by atoms with Crippen LogP contribution in [-0.4, -0.2) is 65.0 Å². The molecule has 0 N–H and O–H groups in total. The molecule has 4 rings (SSSR count). The van der Waals surface area contributed by atoms with Crippen LogP contribution in [0, 0.1) is 20.8 Å². The maximum atomic E-state index is 13.2. The quantitative estimate of drug-likeness (QED) is 0.492. The van der Waals surface area contributed by atoms with Crippen molar-refractivity contribution in [3.05, 3.63) is 52.9 Å². The van der Waals surface area contributed by atoms with Crippen molar-refractivity contribution < 1.29 is 22.3 Å². The van der Waals surface area contributed by atoms with Crippen molar-refractivity contribution in [2.75, 3.05) is 26.2 Å². The van der Waals surface area contributed by atoms with Crippen LogP contribution in [0.15, 0.2) is 43.4 Å². The van der Waals surface area contributed by atoms with Gasteiger partial charge in [-0.15, -0.1) is 0 Å². The summed E-state index contributed by atoms with van der Waals surface area (Å²) < 4.78 is 37.5. The Morgan fingerprint density at radius 3 is 2.50 bits per heavy atom. The van der Waals surface area contributed by atoms with E-state index in [1.807, 2.05) is 13.0 Å². The molecular weight excluding hydrogens is 454 g/mol. The van der Waals surface area contributed by atoms with Crippen molar-refractivity contribution in [3.63, 3.8) is 0 Å². The SMILES string of the molecule is Cc1cc(CSc2ncccc2C(=O)N2CCN(S(=O)(=O)c3c(C)noc3C)CC2)no1. The maximum absolute atomic E-state index is 13.2. The average molecular weight is 478 g/mol. The fourth-order valence-electron chi connectivity index (χ4n) is 3.57. The maximum Gasteiger partial charge on any atom is 0.256 e. The first-order chi connectivity index (χ1) is 15.3. The van der Waals surface area contributed by atoms with Gasteiger partial charge in [0.25, 0.3) is 5.91 Å². The topological polar surface area (TPSA) is 123 Å². The molecule has 0 unspecified atom stereocenters. The number of pyridine rings is 1. The van der Waals surface area contributed by atoms with Gasteiger partial charge in [0, 0.05) is 44.2 Å². The van der Waals surface area contributed by atoms with Crippen molar-refractivity contribution in [1.29, 1.82) is 0 Å². The summed E-state index contributed by atoms with van der Waals surface area (Å²) >= 11 is 1.41. The van der Waals surface area contributed by atoms with Crippen LogP contribution in [0.1, 0.15) is 33.3 Å². The Hall–Kier alpha value is -2.70. The molecule has 1 aliphatic rings. The lowest BCUT2D eigenvalue weighted by Crippen LogP contribution is -2.50. The minimum atomic E-state index is -3.73. The van der Waals surface area contributed by atoms with Gasteiger partial charge < -0.3 is 13.9 Å². The van der Waals surface area contributed by atoms with E-state index in [1.54, 1.807) is 37.1 Å². The minimum absolute atomic E-state index is 0.103. The van der Waals surface area contributed by atoms with Gasteiger partial charge in [-0.3, -0.25) is 4.79 Å². The van der Waals surface area contributed by atoms with Gasteiger partial charge in [-0.25, -0.2) is 13.4 Å². The van der Waals surface area contributed by atoms with Crippen molar-refractivity contribution in [2.24, 2.45) is 0 Å². The largest absolute Gasteiger partial charge is 0.361 e. The van der Waals surface area contributed by atoms with E-state index in [2.05, 4.69) is 15.3 Å². The molecule has 3 aromatic heterocycles. The van der Waals surface area contributed by atoms with Crippen LogP contribution in [0.2, 0.25) is 0 Å². The van der Waals surface area contributed by atoms with Crippen LogP contribution >= 0.6 is 11.8 Å². The summed E-state index contributed by atoms with van der Waals surface area (Å²) in [6.07, 6.45) is 1.64. The van der Waals surface area contributed by atoms with Gasteiger partial charge in [0.15, 0.2) is 5.76 Å². The van der Waals surface area contributed by atoms with Gasteiger partial charge >= 0.3 is 0 Å². The summed E-state index contributed by atoms with van der Waals surface area (Å²) in [6, 6.07) is 5.30. The number of carbonyl (C=O) groups is 1. The highest BCUT2D eigenvalue weighted by Crippen LogP contribution is 2.27. The second kappa shape index (κ2) is 9.04. The van der Waals surface area contributed by atoms with Crippen LogP contribution in [0.3, 0.4) is 0 Å². The molecule has 12 heteroatoms. The van der Waals surface area contributed by atoms with Gasteiger partial charge in [-0.05, 0) is 32.9 Å². The number of nitrogens with zero attached hydrogens (tertiary/aromatic N) is 5. The number of thioether (sulfide) groups is 1. The predicted octanol–water partition coefficient (Wildman–Crippen LogP) is 2.42. The third-order valence-electron chi connectivity index (χ3n) is 5.13. The average Bonchev–Trinajstić information content (AvgIpc) is 3.36. The van der Waals surface area contributed by atoms with E-state index in [-0.39, 0.29) is 42.7 Å². The van der Waals surface area contributed by atoms with Gasteiger partial charge in [-0.1, -0.05) is 22.1 Å². The Morgan fingerprint density at radius 1 is 1.12 bits per heavy atom. The van der Waals surface area contributed by atoms with Crippen LogP contribution in [0.25, 0.3) is 0 Å². The molecule has 0 atom stereocenters. The van der Waals surface area contributed by atoms with Crippen LogP contribution in [0.5, 0.6) is 0 Å². The molecule has 1 amide bonds. The first-order valence-corrected chi connectivity index (χ1v) is 12.4. The van der Waals surface area contributed by atoms with Gasteiger partial charge in [0.2, 0.25) is 10.0 Å². The molecule has 32 heavy (non-hydrogen) atoms. The predicted molar refractivity (Wildman–Crippen MR) is 116 cm³/mol. The Balaban J connectivity index is 1.44. The first-order valence-electron chi connectivity index (χ1n) is 9.99. The second-order valence-corrected chi connectivity index (χ2v) is 10.3. The molecule has 170 valence electrons. The molecule has 0 aliphatic carbocycles. The molecule has 0 spiro atoms. The Morgan fingerprint density at radius 2 is 1.88 bits per heavy atom. The lowest BCUT2D eigenvalue weighted by molar-refractivity contribution is 0.0693. The highest BCUT2D eigenvalue weighted by molar-refractivity contribution is 7.98. The van der Waals surface area contributed by atoms with Crippen LogP contribution in [0.4, 0.5) is 0 Å². The van der Waals surface area contributed by atoms with E-state index >= 15 is 0 Å². The minimum Gasteiger partial charge on any atom is -0.361 e. The smallest absolute Gasteiger partial charge is 0.256 e. The Labute approximate surface area is 190 Å². The van der Waals surface area contributed by atoms with Crippen molar-refractivity contribution >= 4 is 27.7 Å². The number of carbonyl (C=O) groups excluding carboxylic acids is 1. The number of aryl methyl sites for hydroxylation is 3. The standard InChI is InChI=1S/C20H23N5O5S2/c1-13-11-16(23-29-13)12-31-19-17(5-4-6-21-19)20(26)24-7-9-25(10-8-24)32(27,28)18-14(2)22-30-15(18)3/h4-6,11H,7-10,12H2,1-3H3. The van der Waals surface area contributed by atoms with Crippen molar-refractivity contribution in [2.45, 2.75) is 36.4 Å². The Kier molecular flexibility index (Phi) is 6.35. The number of rotatable bonds is 6. The molecule has 1 fully saturated rings. The van der Waals surface area contributed by atoms with Crippen molar-refractivity contribution in [3.8, 4) is 0 Å². The normalized spacial score (nSPS) is 15.3. The van der Waals surface area contributed by atoms with E-state index in [4.69, 9.17) is 9.05 Å². The molecule has 1 saturated heterocycles. The van der Waals surface area contributed by atoms with Crippen LogP contribution < -0.4 is 0 Å². The Bertz CT molecular complexity index is 1210. The zero-order chi connectivity index (χ0) is 22.9.